The van der Waals surface area contributed by atoms with Gasteiger partial charge in [0, 0.05) is 42.8 Å². The molecule has 1 saturated heterocycles. The van der Waals surface area contributed by atoms with E-state index in [1.54, 1.807) is 31.4 Å². The molecule has 3 aromatic rings. The second kappa shape index (κ2) is 10.3. The molecular formula is C27H33N3O4S. The Labute approximate surface area is 207 Å². The van der Waals surface area contributed by atoms with E-state index in [0.29, 0.717) is 25.2 Å². The molecule has 1 fully saturated rings. The van der Waals surface area contributed by atoms with Gasteiger partial charge in [0.2, 0.25) is 10.0 Å². The number of hydrogen-bond acceptors (Lipinski definition) is 4. The Morgan fingerprint density at radius 2 is 1.83 bits per heavy atom. The third-order valence-corrected chi connectivity index (χ3v) is 8.11. The second-order valence-electron chi connectivity index (χ2n) is 9.25. The number of piperidine rings is 1. The van der Waals surface area contributed by atoms with Gasteiger partial charge in [0.25, 0.3) is 5.91 Å². The third-order valence-electron chi connectivity index (χ3n) is 6.67. The highest BCUT2D eigenvalue weighted by Gasteiger charge is 2.28. The molecule has 0 saturated carbocycles. The number of likely N-dealkylation sites (tertiary alicyclic amines) is 1. The van der Waals surface area contributed by atoms with Crippen LogP contribution in [0.3, 0.4) is 0 Å². The van der Waals surface area contributed by atoms with Crippen LogP contribution in [-0.4, -0.2) is 50.5 Å². The molecule has 1 N–H and O–H groups in total. The van der Waals surface area contributed by atoms with E-state index in [2.05, 4.69) is 9.29 Å². The van der Waals surface area contributed by atoms with Crippen LogP contribution >= 0.6 is 0 Å². The van der Waals surface area contributed by atoms with Gasteiger partial charge in [-0.15, -0.1) is 0 Å². The molecule has 2 aromatic carbocycles. The van der Waals surface area contributed by atoms with E-state index in [4.69, 9.17) is 4.74 Å². The summed E-state index contributed by atoms with van der Waals surface area (Å²) in [4.78, 5) is 15.6. The molecule has 1 aromatic heterocycles. The number of hydrogen-bond donors (Lipinski definition) is 1. The number of ether oxygens (including phenoxy) is 1. The van der Waals surface area contributed by atoms with Crippen LogP contribution in [0.1, 0.15) is 40.2 Å². The van der Waals surface area contributed by atoms with Crippen molar-refractivity contribution in [2.45, 2.75) is 38.5 Å². The van der Waals surface area contributed by atoms with Gasteiger partial charge in [-0.25, -0.2) is 13.1 Å². The monoisotopic (exact) mass is 495 g/mol. The fourth-order valence-corrected chi connectivity index (χ4v) is 5.86. The highest BCUT2D eigenvalue weighted by molar-refractivity contribution is 7.89. The Kier molecular flexibility index (Phi) is 7.33. The summed E-state index contributed by atoms with van der Waals surface area (Å²) in [6.07, 6.45) is 1.72. The molecule has 0 bridgehead atoms. The molecule has 8 heteroatoms. The van der Waals surface area contributed by atoms with E-state index in [1.165, 1.54) is 0 Å². The quantitative estimate of drug-likeness (QED) is 0.532. The number of rotatable bonds is 7. The Morgan fingerprint density at radius 1 is 1.09 bits per heavy atom. The van der Waals surface area contributed by atoms with Gasteiger partial charge < -0.3 is 14.2 Å². The summed E-state index contributed by atoms with van der Waals surface area (Å²) in [6, 6.07) is 16.5. The first kappa shape index (κ1) is 25.0. The lowest BCUT2D eigenvalue weighted by Gasteiger charge is -2.33. The number of carbonyl (C=O) groups is 1. The van der Waals surface area contributed by atoms with Crippen molar-refractivity contribution in [1.29, 1.82) is 0 Å². The van der Waals surface area contributed by atoms with E-state index in [9.17, 15) is 13.2 Å². The van der Waals surface area contributed by atoms with Crippen molar-refractivity contribution >= 4 is 15.9 Å². The SMILES string of the molecule is COc1cccc(-n2c(C)cc(C(=O)N3CCCC(CNS(=O)(=O)c4ccc(C)cc4)C3)c2C)c1. The van der Waals surface area contributed by atoms with Crippen LogP contribution in [0.4, 0.5) is 0 Å². The molecule has 186 valence electrons. The molecule has 1 atom stereocenters. The molecule has 2 heterocycles. The predicted octanol–water partition coefficient (Wildman–Crippen LogP) is 4.24. The maximum Gasteiger partial charge on any atom is 0.255 e. The Hall–Kier alpha value is -3.10. The first-order valence-corrected chi connectivity index (χ1v) is 13.4. The van der Waals surface area contributed by atoms with Crippen LogP contribution in [0, 0.1) is 26.7 Å². The first-order chi connectivity index (χ1) is 16.7. The van der Waals surface area contributed by atoms with Crippen molar-refractivity contribution in [2.24, 2.45) is 5.92 Å². The van der Waals surface area contributed by atoms with Crippen LogP contribution < -0.4 is 9.46 Å². The summed E-state index contributed by atoms with van der Waals surface area (Å²) in [5.41, 5.74) is 4.48. The summed E-state index contributed by atoms with van der Waals surface area (Å²) >= 11 is 0. The van der Waals surface area contributed by atoms with Crippen molar-refractivity contribution in [3.63, 3.8) is 0 Å². The van der Waals surface area contributed by atoms with E-state index in [0.717, 1.165) is 41.2 Å². The Balaban J connectivity index is 1.46. The molecule has 35 heavy (non-hydrogen) atoms. The zero-order chi connectivity index (χ0) is 25.2. The van der Waals surface area contributed by atoms with Crippen molar-refractivity contribution < 1.29 is 17.9 Å². The fourth-order valence-electron chi connectivity index (χ4n) is 4.74. The van der Waals surface area contributed by atoms with Crippen LogP contribution in [0.15, 0.2) is 59.5 Å². The lowest BCUT2D eigenvalue weighted by molar-refractivity contribution is 0.0675. The average molecular weight is 496 g/mol. The summed E-state index contributed by atoms with van der Waals surface area (Å²) in [5.74, 6) is 0.808. The zero-order valence-electron chi connectivity index (χ0n) is 20.7. The van der Waals surface area contributed by atoms with Crippen molar-refractivity contribution in [3.8, 4) is 11.4 Å². The number of nitrogens with zero attached hydrogens (tertiary/aromatic N) is 2. The molecule has 1 aliphatic rings. The van der Waals surface area contributed by atoms with Crippen molar-refractivity contribution in [2.75, 3.05) is 26.7 Å². The van der Waals surface area contributed by atoms with Crippen LogP contribution in [0.5, 0.6) is 5.75 Å². The molecular weight excluding hydrogens is 462 g/mol. The van der Waals surface area contributed by atoms with Crippen LogP contribution in [0.25, 0.3) is 5.69 Å². The smallest absolute Gasteiger partial charge is 0.255 e. The lowest BCUT2D eigenvalue weighted by Crippen LogP contribution is -2.43. The maximum atomic E-state index is 13.5. The number of aromatic nitrogens is 1. The molecule has 0 spiro atoms. The van der Waals surface area contributed by atoms with E-state index < -0.39 is 10.0 Å². The molecule has 0 radical (unpaired) electrons. The van der Waals surface area contributed by atoms with Gasteiger partial charge in [0.1, 0.15) is 5.75 Å². The number of sulfonamides is 1. The predicted molar refractivity (Wildman–Crippen MR) is 137 cm³/mol. The minimum absolute atomic E-state index is 0.0154. The fraction of sp³-hybridized carbons (Fsp3) is 0.370. The normalized spacial score (nSPS) is 16.3. The highest BCUT2D eigenvalue weighted by Crippen LogP contribution is 2.26. The summed E-state index contributed by atoms with van der Waals surface area (Å²) in [6.45, 7) is 7.37. The van der Waals surface area contributed by atoms with Gasteiger partial charge in [0.05, 0.1) is 17.6 Å². The Bertz CT molecular complexity index is 1310. The average Bonchev–Trinajstić information content (AvgIpc) is 3.16. The molecule has 1 aliphatic heterocycles. The number of nitrogens with one attached hydrogen (secondary N) is 1. The molecule has 0 aliphatic carbocycles. The first-order valence-electron chi connectivity index (χ1n) is 11.9. The van der Waals surface area contributed by atoms with Gasteiger partial charge in [-0.05, 0) is 69.9 Å². The summed E-state index contributed by atoms with van der Waals surface area (Å²) in [7, 11) is -1.94. The number of benzene rings is 2. The topological polar surface area (TPSA) is 80.6 Å². The zero-order valence-corrected chi connectivity index (χ0v) is 21.6. The summed E-state index contributed by atoms with van der Waals surface area (Å²) in [5, 5.41) is 0. The minimum Gasteiger partial charge on any atom is -0.497 e. The molecule has 1 amide bonds. The second-order valence-corrected chi connectivity index (χ2v) is 11.0. The van der Waals surface area contributed by atoms with Gasteiger partial charge in [0.15, 0.2) is 0 Å². The number of amides is 1. The van der Waals surface area contributed by atoms with Gasteiger partial charge in [-0.3, -0.25) is 4.79 Å². The highest BCUT2D eigenvalue weighted by atomic mass is 32.2. The van der Waals surface area contributed by atoms with E-state index in [-0.39, 0.29) is 16.7 Å². The largest absolute Gasteiger partial charge is 0.497 e. The number of methoxy groups -OCH3 is 1. The molecule has 4 rings (SSSR count). The van der Waals surface area contributed by atoms with Crippen molar-refractivity contribution in [3.05, 3.63) is 77.1 Å². The third kappa shape index (κ3) is 5.44. The van der Waals surface area contributed by atoms with Gasteiger partial charge in [-0.2, -0.15) is 0 Å². The molecule has 7 nitrogen and oxygen atoms in total. The van der Waals surface area contributed by atoms with Crippen molar-refractivity contribution in [1.82, 2.24) is 14.2 Å². The standard InChI is InChI=1S/C27H33N3O4S/c1-19-10-12-25(13-11-19)35(32,33)28-17-22-7-6-14-29(18-22)27(31)26-15-20(2)30(21(26)3)23-8-5-9-24(16-23)34-4/h5,8-13,15-16,22,28H,6-7,14,17-18H2,1-4H3. The van der Waals surface area contributed by atoms with E-state index >= 15 is 0 Å². The minimum atomic E-state index is -3.58. The van der Waals surface area contributed by atoms with E-state index in [1.807, 2.05) is 56.0 Å². The molecule has 1 unspecified atom stereocenters. The van der Waals surface area contributed by atoms with Crippen LogP contribution in [0.2, 0.25) is 0 Å². The number of carbonyl (C=O) groups excluding carboxylic acids is 1. The maximum absolute atomic E-state index is 13.5. The Morgan fingerprint density at radius 3 is 2.54 bits per heavy atom. The number of aryl methyl sites for hydroxylation is 2. The lowest BCUT2D eigenvalue weighted by atomic mass is 9.97. The van der Waals surface area contributed by atoms with Gasteiger partial charge >= 0.3 is 0 Å². The van der Waals surface area contributed by atoms with Gasteiger partial charge in [-0.1, -0.05) is 23.8 Å². The van der Waals surface area contributed by atoms with Crippen LogP contribution in [-0.2, 0) is 10.0 Å². The summed E-state index contributed by atoms with van der Waals surface area (Å²) < 4.78 is 35.5.